The number of thioether (sulfide) groups is 1. The molecule has 0 saturated heterocycles. The summed E-state index contributed by atoms with van der Waals surface area (Å²) in [5, 5.41) is 2.52. The Morgan fingerprint density at radius 2 is 1.58 bits per heavy atom. The van der Waals surface area contributed by atoms with E-state index in [2.05, 4.69) is 115 Å². The number of aromatic nitrogens is 1. The Hall–Kier alpha value is -3.08. The van der Waals surface area contributed by atoms with E-state index in [-0.39, 0.29) is 0 Å². The van der Waals surface area contributed by atoms with E-state index in [1.54, 1.807) is 0 Å². The van der Waals surface area contributed by atoms with Crippen molar-refractivity contribution in [2.45, 2.75) is 4.90 Å². The Balaban J connectivity index is 1.45. The van der Waals surface area contributed by atoms with Crippen molar-refractivity contribution in [1.29, 1.82) is 0 Å². The largest absolute Gasteiger partial charge is 0.338 e. The molecule has 0 spiro atoms. The lowest BCUT2D eigenvalue weighted by Crippen LogP contribution is -2.28. The van der Waals surface area contributed by atoms with Gasteiger partial charge in [-0.2, -0.15) is 4.57 Å². The number of thiazole rings is 1. The number of nitrogens with zero attached hydrogens (tertiary/aromatic N) is 2. The quantitative estimate of drug-likeness (QED) is 0.320. The minimum absolute atomic E-state index is 1.26. The second-order valence-electron chi connectivity index (χ2n) is 7.82. The molecule has 31 heavy (non-hydrogen) atoms. The third-order valence-electron chi connectivity index (χ3n) is 5.96. The van der Waals surface area contributed by atoms with Crippen molar-refractivity contribution in [3.8, 4) is 0 Å². The van der Waals surface area contributed by atoms with Crippen molar-refractivity contribution < 1.29 is 4.57 Å². The van der Waals surface area contributed by atoms with Gasteiger partial charge in [0.05, 0.1) is 10.7 Å². The lowest BCUT2D eigenvalue weighted by Gasteiger charge is -2.13. The number of anilines is 1. The zero-order valence-corrected chi connectivity index (χ0v) is 19.0. The zero-order valence-electron chi connectivity index (χ0n) is 17.4. The molecule has 2 nitrogen and oxygen atoms in total. The molecule has 0 amide bonds. The van der Waals surface area contributed by atoms with Crippen LogP contribution in [0, 0.1) is 0 Å². The summed E-state index contributed by atoms with van der Waals surface area (Å²) in [4.78, 5) is 3.60. The van der Waals surface area contributed by atoms with Crippen LogP contribution >= 0.6 is 23.1 Å². The number of hydrogen-bond donors (Lipinski definition) is 0. The highest BCUT2D eigenvalue weighted by Gasteiger charge is 2.24. The molecule has 0 radical (unpaired) electrons. The number of allylic oxidation sites excluding steroid dienone is 4. The summed E-state index contributed by atoms with van der Waals surface area (Å²) in [5.74, 6) is 0. The molecule has 0 atom stereocenters. The van der Waals surface area contributed by atoms with Gasteiger partial charge in [0.1, 0.15) is 11.7 Å². The molecular formula is C27H21N2S2+. The van der Waals surface area contributed by atoms with Crippen LogP contribution in [0.2, 0.25) is 0 Å². The minimum atomic E-state index is 1.26. The predicted octanol–water partition coefficient (Wildman–Crippen LogP) is 6.75. The highest BCUT2D eigenvalue weighted by Crippen LogP contribution is 2.47. The lowest BCUT2D eigenvalue weighted by molar-refractivity contribution is -0.642. The lowest BCUT2D eigenvalue weighted by atomic mass is 10.0. The average molecular weight is 438 g/mol. The van der Waals surface area contributed by atoms with Crippen molar-refractivity contribution >= 4 is 56.2 Å². The summed E-state index contributed by atoms with van der Waals surface area (Å²) in [6.45, 7) is 0. The maximum absolute atomic E-state index is 2.33. The minimum Gasteiger partial charge on any atom is -0.338 e. The van der Waals surface area contributed by atoms with Gasteiger partial charge in [-0.15, -0.1) is 0 Å². The number of aryl methyl sites for hydroxylation is 1. The normalized spacial score (nSPS) is 17.5. The van der Waals surface area contributed by atoms with Crippen LogP contribution in [0.5, 0.6) is 0 Å². The number of hydrogen-bond acceptors (Lipinski definition) is 3. The van der Waals surface area contributed by atoms with Crippen LogP contribution < -0.4 is 9.47 Å². The van der Waals surface area contributed by atoms with Crippen LogP contribution in [0.15, 0.2) is 94.9 Å². The van der Waals surface area contributed by atoms with E-state index in [9.17, 15) is 0 Å². The maximum atomic E-state index is 2.33. The molecule has 1 aliphatic carbocycles. The number of para-hydroxylation sites is 2. The van der Waals surface area contributed by atoms with Crippen molar-refractivity contribution in [2.75, 3.05) is 11.9 Å². The molecule has 4 heteroatoms. The van der Waals surface area contributed by atoms with E-state index in [4.69, 9.17) is 0 Å². The Kier molecular flexibility index (Phi) is 4.37. The molecule has 0 saturated carbocycles. The first-order chi connectivity index (χ1) is 15.2. The van der Waals surface area contributed by atoms with E-state index in [1.807, 2.05) is 23.1 Å². The smallest absolute Gasteiger partial charge is 0.263 e. The molecule has 1 aromatic heterocycles. The van der Waals surface area contributed by atoms with Gasteiger partial charge in [-0.3, -0.25) is 0 Å². The molecule has 0 bridgehead atoms. The molecule has 1 aliphatic heterocycles. The van der Waals surface area contributed by atoms with Gasteiger partial charge in [0.2, 0.25) is 5.52 Å². The molecule has 6 rings (SSSR count). The Morgan fingerprint density at radius 3 is 2.42 bits per heavy atom. The van der Waals surface area contributed by atoms with E-state index in [1.165, 1.54) is 53.1 Å². The van der Waals surface area contributed by atoms with Crippen LogP contribution in [-0.4, -0.2) is 7.05 Å². The first kappa shape index (κ1) is 18.7. The summed E-state index contributed by atoms with van der Waals surface area (Å²) in [6.07, 6.45) is 6.99. The number of rotatable bonds is 2. The fraction of sp³-hybridized carbons (Fsp3) is 0.0741. The van der Waals surface area contributed by atoms with Gasteiger partial charge < -0.3 is 4.90 Å². The monoisotopic (exact) mass is 437 g/mol. The summed E-state index contributed by atoms with van der Waals surface area (Å²) in [5.41, 5.74) is 7.70. The number of benzene rings is 3. The third kappa shape index (κ3) is 3.06. The van der Waals surface area contributed by atoms with Gasteiger partial charge in [0.25, 0.3) is 5.01 Å². The highest BCUT2D eigenvalue weighted by atomic mass is 32.2. The van der Waals surface area contributed by atoms with E-state index < -0.39 is 0 Å². The molecule has 0 unspecified atom stereocenters. The van der Waals surface area contributed by atoms with Crippen LogP contribution in [0.25, 0.3) is 27.4 Å². The summed E-state index contributed by atoms with van der Waals surface area (Å²) >= 11 is 3.68. The second-order valence-corrected chi connectivity index (χ2v) is 9.95. The van der Waals surface area contributed by atoms with Crippen molar-refractivity contribution in [2.24, 2.45) is 7.05 Å². The second kappa shape index (κ2) is 7.26. The van der Waals surface area contributed by atoms with Crippen LogP contribution in [0.1, 0.15) is 16.1 Å². The number of fused-ring (bicyclic) bond motifs is 3. The fourth-order valence-electron chi connectivity index (χ4n) is 4.31. The maximum Gasteiger partial charge on any atom is 0.263 e. The van der Waals surface area contributed by atoms with Crippen LogP contribution in [0.4, 0.5) is 5.69 Å². The molecular weight excluding hydrogens is 416 g/mol. The van der Waals surface area contributed by atoms with Crippen LogP contribution in [-0.2, 0) is 7.05 Å². The summed E-state index contributed by atoms with van der Waals surface area (Å²) in [7, 11) is 4.31. The fourth-order valence-corrected chi connectivity index (χ4v) is 6.51. The van der Waals surface area contributed by atoms with Gasteiger partial charge in [0.15, 0.2) is 0 Å². The van der Waals surface area contributed by atoms with Crippen molar-refractivity contribution in [3.05, 3.63) is 106 Å². The standard InChI is InChI=1S/C27H21N2S2/c1-28-22-11-5-7-13-24(22)30-26(28)16-18-15-19(21-10-4-3-9-20(18)21)17-27-29(2)23-12-6-8-14-25(23)31-27/h3-17H,1-2H3/q+1. The molecule has 3 aromatic carbocycles. The topological polar surface area (TPSA) is 7.12 Å². The van der Waals surface area contributed by atoms with Gasteiger partial charge >= 0.3 is 0 Å². The Morgan fingerprint density at radius 1 is 0.839 bits per heavy atom. The zero-order chi connectivity index (χ0) is 20.9. The van der Waals surface area contributed by atoms with Crippen LogP contribution in [0.3, 0.4) is 0 Å². The predicted molar refractivity (Wildman–Crippen MR) is 134 cm³/mol. The molecule has 0 N–H and O–H groups in total. The van der Waals surface area contributed by atoms with Gasteiger partial charge in [0, 0.05) is 24.1 Å². The van der Waals surface area contributed by atoms with Crippen molar-refractivity contribution in [1.82, 2.24) is 0 Å². The van der Waals surface area contributed by atoms with Gasteiger partial charge in [-0.25, -0.2) is 0 Å². The SMILES string of the molecule is CN1/C(=C/C2=CC(=C/c3sc4ccccc4[n+]3C)/c3ccccc32)Sc2ccccc21. The van der Waals surface area contributed by atoms with E-state index in [0.29, 0.717) is 0 Å². The molecule has 4 aromatic rings. The Labute approximate surface area is 190 Å². The average Bonchev–Trinajstić information content (AvgIpc) is 3.42. The van der Waals surface area contributed by atoms with E-state index >= 15 is 0 Å². The van der Waals surface area contributed by atoms with Gasteiger partial charge in [-0.1, -0.05) is 71.6 Å². The van der Waals surface area contributed by atoms with Crippen molar-refractivity contribution in [3.63, 3.8) is 0 Å². The Bertz CT molecular complexity index is 1440. The first-order valence-corrected chi connectivity index (χ1v) is 12.0. The molecule has 2 heterocycles. The first-order valence-electron chi connectivity index (χ1n) is 10.3. The molecule has 2 aliphatic rings. The summed E-state index contributed by atoms with van der Waals surface area (Å²) in [6, 6.07) is 25.9. The van der Waals surface area contributed by atoms with Gasteiger partial charge in [-0.05, 0) is 52.6 Å². The third-order valence-corrected chi connectivity index (χ3v) is 8.29. The highest BCUT2D eigenvalue weighted by molar-refractivity contribution is 8.03. The van der Waals surface area contributed by atoms with E-state index in [0.717, 1.165) is 0 Å². The molecule has 0 fully saturated rings. The molecule has 150 valence electrons. The summed E-state index contributed by atoms with van der Waals surface area (Å²) < 4.78 is 3.60.